The molecular formula is C26H25ClFN7OS. The van der Waals surface area contributed by atoms with Crippen LogP contribution in [0, 0.1) is 29.1 Å². The minimum absolute atomic E-state index is 0.0902. The van der Waals surface area contributed by atoms with Gasteiger partial charge in [0.15, 0.2) is 17.1 Å². The highest BCUT2D eigenvalue weighted by Gasteiger charge is 2.45. The van der Waals surface area contributed by atoms with Gasteiger partial charge in [0, 0.05) is 42.2 Å². The number of piperidine rings is 1. The molecule has 8 nitrogen and oxygen atoms in total. The molecule has 2 unspecified atom stereocenters. The molecule has 1 aliphatic heterocycles. The van der Waals surface area contributed by atoms with Gasteiger partial charge in [-0.2, -0.15) is 15.2 Å². The van der Waals surface area contributed by atoms with Crippen molar-refractivity contribution in [1.82, 2.24) is 19.9 Å². The summed E-state index contributed by atoms with van der Waals surface area (Å²) in [5, 5.41) is 10.8. The molecular weight excluding hydrogens is 513 g/mol. The van der Waals surface area contributed by atoms with Crippen LogP contribution in [-0.2, 0) is 0 Å². The Morgan fingerprint density at radius 2 is 2.00 bits per heavy atom. The number of methoxy groups -OCH3 is 1. The monoisotopic (exact) mass is 537 g/mol. The van der Waals surface area contributed by atoms with Crippen molar-refractivity contribution in [3.63, 3.8) is 0 Å². The predicted octanol–water partition coefficient (Wildman–Crippen LogP) is 5.31. The summed E-state index contributed by atoms with van der Waals surface area (Å²) in [5.74, 6) is 0.687. The first-order valence-electron chi connectivity index (χ1n) is 12.2. The number of nitriles is 1. The van der Waals surface area contributed by atoms with Gasteiger partial charge in [-0.3, -0.25) is 0 Å². The van der Waals surface area contributed by atoms with Gasteiger partial charge >= 0.3 is 6.01 Å². The number of benzene rings is 2. The van der Waals surface area contributed by atoms with Gasteiger partial charge in [0.25, 0.3) is 0 Å². The minimum Gasteiger partial charge on any atom is -0.467 e. The number of rotatable bonds is 5. The number of halogens is 2. The number of fused-ring (bicyclic) bond motifs is 4. The Hall–Kier alpha value is -3.42. The van der Waals surface area contributed by atoms with E-state index in [1.165, 1.54) is 18.4 Å². The molecule has 2 N–H and O–H groups in total. The van der Waals surface area contributed by atoms with Crippen LogP contribution in [0.25, 0.3) is 32.2 Å². The molecule has 4 aromatic rings. The molecule has 190 valence electrons. The fraction of sp³-hybridized carbons (Fsp3) is 0.385. The lowest BCUT2D eigenvalue weighted by atomic mass is 9.90. The molecule has 0 radical (unpaired) electrons. The molecule has 2 atom stereocenters. The largest absolute Gasteiger partial charge is 0.467 e. The van der Waals surface area contributed by atoms with E-state index >= 15 is 4.39 Å². The van der Waals surface area contributed by atoms with E-state index in [0.29, 0.717) is 58.9 Å². The smallest absolute Gasteiger partial charge is 0.318 e. The van der Waals surface area contributed by atoms with Gasteiger partial charge < -0.3 is 20.3 Å². The van der Waals surface area contributed by atoms with Crippen molar-refractivity contribution < 1.29 is 9.13 Å². The van der Waals surface area contributed by atoms with Gasteiger partial charge in [0.2, 0.25) is 0 Å². The summed E-state index contributed by atoms with van der Waals surface area (Å²) in [6.07, 6.45) is 4.46. The van der Waals surface area contributed by atoms with Gasteiger partial charge in [-0.25, -0.2) is 9.37 Å². The first-order valence-corrected chi connectivity index (χ1v) is 13.4. The Labute approximate surface area is 222 Å². The summed E-state index contributed by atoms with van der Waals surface area (Å²) < 4.78 is 22.5. The number of nitrogen functional groups attached to an aromatic ring is 1. The van der Waals surface area contributed by atoms with E-state index in [2.05, 4.69) is 26.0 Å². The van der Waals surface area contributed by atoms with Crippen molar-refractivity contribution in [3.05, 3.63) is 35.1 Å². The van der Waals surface area contributed by atoms with E-state index in [-0.39, 0.29) is 28.2 Å². The highest BCUT2D eigenvalue weighted by Crippen LogP contribution is 2.45. The van der Waals surface area contributed by atoms with Crippen molar-refractivity contribution in [2.24, 2.45) is 11.8 Å². The van der Waals surface area contributed by atoms with Crippen LogP contribution in [0.2, 0.25) is 5.02 Å². The third-order valence-corrected chi connectivity index (χ3v) is 8.79. The number of nitrogens with zero attached hydrogens (tertiary/aromatic N) is 6. The quantitative estimate of drug-likeness (QED) is 0.270. The molecule has 1 aliphatic carbocycles. The van der Waals surface area contributed by atoms with E-state index in [4.69, 9.17) is 22.1 Å². The van der Waals surface area contributed by atoms with Crippen LogP contribution >= 0.6 is 22.9 Å². The van der Waals surface area contributed by atoms with Gasteiger partial charge in [-0.15, -0.1) is 0 Å². The molecule has 2 aromatic carbocycles. The average molecular weight is 538 g/mol. The maximum Gasteiger partial charge on any atom is 0.318 e. The van der Waals surface area contributed by atoms with Gasteiger partial charge in [-0.1, -0.05) is 35.1 Å². The van der Waals surface area contributed by atoms with Crippen molar-refractivity contribution in [1.29, 1.82) is 5.26 Å². The van der Waals surface area contributed by atoms with Crippen LogP contribution < -0.4 is 15.4 Å². The lowest BCUT2D eigenvalue weighted by molar-refractivity contribution is 0.178. The molecule has 2 aliphatic rings. The van der Waals surface area contributed by atoms with Crippen LogP contribution in [0.5, 0.6) is 6.01 Å². The SMILES string of the molecule is CCN(C#N)C1C2CCC1CN(c1nc(OC)nc3c(F)c(-c4cccc5sc(N)nc45)c(Cl)cc13)C2. The number of aromatic nitrogens is 3. The van der Waals surface area contributed by atoms with Gasteiger partial charge in [-0.05, 0) is 43.7 Å². The van der Waals surface area contributed by atoms with Crippen LogP contribution in [0.3, 0.4) is 0 Å². The zero-order valence-electron chi connectivity index (χ0n) is 20.4. The summed E-state index contributed by atoms with van der Waals surface area (Å²) in [4.78, 5) is 17.5. The Balaban J connectivity index is 1.49. The molecule has 2 bridgehead atoms. The molecule has 2 fully saturated rings. The summed E-state index contributed by atoms with van der Waals surface area (Å²) in [6, 6.07) is 7.56. The van der Waals surface area contributed by atoms with Crippen LogP contribution in [-0.4, -0.2) is 52.6 Å². The first-order chi connectivity index (χ1) is 17.9. The van der Waals surface area contributed by atoms with Gasteiger partial charge in [0.05, 0.1) is 22.3 Å². The third kappa shape index (κ3) is 3.80. The second kappa shape index (κ2) is 9.15. The summed E-state index contributed by atoms with van der Waals surface area (Å²) in [5.41, 5.74) is 7.46. The normalized spacial score (nSPS) is 20.9. The number of ether oxygens (including phenoxy) is 1. The highest BCUT2D eigenvalue weighted by molar-refractivity contribution is 7.22. The third-order valence-electron chi connectivity index (χ3n) is 7.64. The lowest BCUT2D eigenvalue weighted by Gasteiger charge is -2.42. The Morgan fingerprint density at radius 1 is 1.24 bits per heavy atom. The summed E-state index contributed by atoms with van der Waals surface area (Å²) in [7, 11) is 1.47. The molecule has 1 saturated heterocycles. The highest BCUT2D eigenvalue weighted by atomic mass is 35.5. The van der Waals surface area contributed by atoms with Gasteiger partial charge in [0.1, 0.15) is 11.3 Å². The molecule has 6 rings (SSSR count). The fourth-order valence-corrected chi connectivity index (χ4v) is 7.19. The van der Waals surface area contributed by atoms with E-state index < -0.39 is 5.82 Å². The second-order valence-electron chi connectivity index (χ2n) is 9.56. The molecule has 0 spiro atoms. The zero-order chi connectivity index (χ0) is 25.8. The molecule has 11 heteroatoms. The van der Waals surface area contributed by atoms with E-state index in [1.54, 1.807) is 12.1 Å². The number of thiazole rings is 1. The van der Waals surface area contributed by atoms with E-state index in [0.717, 1.165) is 17.5 Å². The molecule has 0 amide bonds. The van der Waals surface area contributed by atoms with Crippen LogP contribution in [0.15, 0.2) is 24.3 Å². The fourth-order valence-electron chi connectivity index (χ4n) is 6.13. The maximum atomic E-state index is 16.3. The average Bonchev–Trinajstić information content (AvgIpc) is 3.39. The van der Waals surface area contributed by atoms with Crippen molar-refractivity contribution in [2.75, 3.05) is 37.4 Å². The number of nitrogens with two attached hydrogens (primary N) is 1. The van der Waals surface area contributed by atoms with E-state index in [9.17, 15) is 5.26 Å². The second-order valence-corrected chi connectivity index (χ2v) is 11.0. The molecule has 1 saturated carbocycles. The van der Waals surface area contributed by atoms with Crippen molar-refractivity contribution in [3.8, 4) is 23.3 Å². The Morgan fingerprint density at radius 3 is 2.68 bits per heavy atom. The molecule has 2 aromatic heterocycles. The van der Waals surface area contributed by atoms with Crippen molar-refractivity contribution >= 4 is 55.0 Å². The number of para-hydroxylation sites is 1. The zero-order valence-corrected chi connectivity index (χ0v) is 22.0. The summed E-state index contributed by atoms with van der Waals surface area (Å²) >= 11 is 8.10. The topological polar surface area (TPSA) is 104 Å². The van der Waals surface area contributed by atoms with Crippen molar-refractivity contribution in [2.45, 2.75) is 25.8 Å². The lowest BCUT2D eigenvalue weighted by Crippen LogP contribution is -2.51. The standard InChI is InChI=1S/C26H25ClFN7OS/c1-3-34(12-29)23-13-7-8-14(23)11-35(10-13)24-16-9-17(27)19(20(28)22(16)32-26(33-24)36-2)15-5-4-6-18-21(15)31-25(30)37-18/h4-6,9,13-14,23H,3,7-8,10-11H2,1-2H3,(H2,30,31). The number of hydrogen-bond acceptors (Lipinski definition) is 9. The Kier molecular flexibility index (Phi) is 5.92. The first kappa shape index (κ1) is 23.9. The number of anilines is 2. The van der Waals surface area contributed by atoms with Crippen LogP contribution in [0.4, 0.5) is 15.3 Å². The van der Waals surface area contributed by atoms with E-state index in [1.807, 2.05) is 24.0 Å². The van der Waals surface area contributed by atoms with Crippen LogP contribution in [0.1, 0.15) is 19.8 Å². The Bertz CT molecular complexity index is 1560. The summed E-state index contributed by atoms with van der Waals surface area (Å²) in [6.45, 7) is 4.14. The maximum absolute atomic E-state index is 16.3. The number of hydrogen-bond donors (Lipinski definition) is 1. The predicted molar refractivity (Wildman–Crippen MR) is 144 cm³/mol. The molecule has 3 heterocycles. The molecule has 37 heavy (non-hydrogen) atoms. The minimum atomic E-state index is -0.553.